The van der Waals surface area contributed by atoms with Crippen LogP contribution >= 0.6 is 0 Å². The first-order valence-corrected chi connectivity index (χ1v) is 11.6. The SMILES string of the molecule is CC(C)CC(NC(=O)CNC(=O)C(Cc1ccccc1)NC(=O)C(N)Cc1ccccc1)C(=O)O. The lowest BCUT2D eigenvalue weighted by Crippen LogP contribution is -2.54. The van der Waals surface area contributed by atoms with Crippen molar-refractivity contribution in [3.8, 4) is 0 Å². The second-order valence-corrected chi connectivity index (χ2v) is 8.85. The Bertz CT molecular complexity index is 982. The van der Waals surface area contributed by atoms with Crippen LogP contribution in [0, 0.1) is 5.92 Å². The Balaban J connectivity index is 2.01. The largest absolute Gasteiger partial charge is 0.480 e. The zero-order valence-corrected chi connectivity index (χ0v) is 20.1. The molecule has 0 aliphatic rings. The molecule has 3 amide bonds. The van der Waals surface area contributed by atoms with Gasteiger partial charge in [0.15, 0.2) is 0 Å². The predicted octanol–water partition coefficient (Wildman–Crippen LogP) is 1.02. The average molecular weight is 483 g/mol. The number of benzene rings is 2. The number of nitrogens with one attached hydrogen (secondary N) is 3. The summed E-state index contributed by atoms with van der Waals surface area (Å²) in [4.78, 5) is 49.3. The number of carbonyl (C=O) groups is 4. The summed E-state index contributed by atoms with van der Waals surface area (Å²) in [5.74, 6) is -2.76. The molecule has 0 radical (unpaired) electrons. The van der Waals surface area contributed by atoms with Crippen molar-refractivity contribution in [1.29, 1.82) is 0 Å². The van der Waals surface area contributed by atoms with Gasteiger partial charge in [-0.1, -0.05) is 74.5 Å². The number of aliphatic carboxylic acids is 1. The van der Waals surface area contributed by atoms with Crippen LogP contribution in [0.5, 0.6) is 0 Å². The van der Waals surface area contributed by atoms with E-state index in [4.69, 9.17) is 5.73 Å². The Hall–Kier alpha value is -3.72. The number of hydrogen-bond donors (Lipinski definition) is 5. The molecule has 35 heavy (non-hydrogen) atoms. The van der Waals surface area contributed by atoms with Gasteiger partial charge in [0.2, 0.25) is 17.7 Å². The van der Waals surface area contributed by atoms with E-state index in [0.29, 0.717) is 6.42 Å². The Morgan fingerprint density at radius 2 is 1.34 bits per heavy atom. The second kappa shape index (κ2) is 13.9. The van der Waals surface area contributed by atoms with Gasteiger partial charge in [-0.05, 0) is 29.9 Å². The zero-order valence-electron chi connectivity index (χ0n) is 20.1. The molecule has 3 atom stereocenters. The highest BCUT2D eigenvalue weighted by atomic mass is 16.4. The van der Waals surface area contributed by atoms with E-state index in [1.807, 2.05) is 74.5 Å². The highest BCUT2D eigenvalue weighted by molar-refractivity contribution is 5.92. The smallest absolute Gasteiger partial charge is 0.326 e. The van der Waals surface area contributed by atoms with E-state index in [1.54, 1.807) is 0 Å². The van der Waals surface area contributed by atoms with E-state index in [1.165, 1.54) is 0 Å². The lowest BCUT2D eigenvalue weighted by molar-refractivity contribution is -0.142. The summed E-state index contributed by atoms with van der Waals surface area (Å²) in [5.41, 5.74) is 7.78. The minimum Gasteiger partial charge on any atom is -0.480 e. The average Bonchev–Trinajstić information content (AvgIpc) is 2.82. The Labute approximate surface area is 205 Å². The summed E-state index contributed by atoms with van der Waals surface area (Å²) >= 11 is 0. The molecule has 0 saturated carbocycles. The maximum absolute atomic E-state index is 12.9. The first-order chi connectivity index (χ1) is 16.7. The molecule has 0 aliphatic heterocycles. The highest BCUT2D eigenvalue weighted by Gasteiger charge is 2.26. The van der Waals surface area contributed by atoms with Crippen LogP contribution in [0.1, 0.15) is 31.4 Å². The molecule has 2 aromatic carbocycles. The van der Waals surface area contributed by atoms with Crippen LogP contribution in [-0.2, 0) is 32.0 Å². The third kappa shape index (κ3) is 9.97. The Morgan fingerprint density at radius 3 is 1.86 bits per heavy atom. The molecule has 0 spiro atoms. The van der Waals surface area contributed by atoms with Crippen LogP contribution in [0.2, 0.25) is 0 Å². The van der Waals surface area contributed by atoms with Crippen molar-refractivity contribution in [3.05, 3.63) is 71.8 Å². The van der Waals surface area contributed by atoms with Crippen LogP contribution < -0.4 is 21.7 Å². The molecular formula is C26H34N4O5. The monoisotopic (exact) mass is 482 g/mol. The highest BCUT2D eigenvalue weighted by Crippen LogP contribution is 2.07. The van der Waals surface area contributed by atoms with Crippen molar-refractivity contribution in [2.24, 2.45) is 11.7 Å². The van der Waals surface area contributed by atoms with Crippen molar-refractivity contribution in [2.75, 3.05) is 6.54 Å². The summed E-state index contributed by atoms with van der Waals surface area (Å²) in [6.07, 6.45) is 0.769. The Kier molecular flexibility index (Phi) is 10.9. The number of carbonyl (C=O) groups excluding carboxylic acids is 3. The molecule has 9 nitrogen and oxygen atoms in total. The summed E-state index contributed by atoms with van der Waals surface area (Å²) in [7, 11) is 0. The molecule has 3 unspecified atom stereocenters. The normalized spacial score (nSPS) is 13.4. The summed E-state index contributed by atoms with van der Waals surface area (Å²) in [6, 6.07) is 15.6. The number of nitrogens with two attached hydrogens (primary N) is 1. The third-order valence-corrected chi connectivity index (χ3v) is 5.31. The summed E-state index contributed by atoms with van der Waals surface area (Å²) in [6.45, 7) is 3.28. The van der Waals surface area contributed by atoms with E-state index in [-0.39, 0.29) is 18.8 Å². The first-order valence-electron chi connectivity index (χ1n) is 11.6. The van der Waals surface area contributed by atoms with Gasteiger partial charge in [0, 0.05) is 6.42 Å². The van der Waals surface area contributed by atoms with Gasteiger partial charge >= 0.3 is 5.97 Å². The summed E-state index contributed by atoms with van der Waals surface area (Å²) in [5, 5.41) is 16.9. The van der Waals surface area contributed by atoms with Gasteiger partial charge < -0.3 is 26.8 Å². The van der Waals surface area contributed by atoms with Crippen LogP contribution in [0.4, 0.5) is 0 Å². The quantitative estimate of drug-likeness (QED) is 0.288. The molecule has 2 aromatic rings. The number of carboxylic acids is 1. The van der Waals surface area contributed by atoms with E-state index in [0.717, 1.165) is 11.1 Å². The predicted molar refractivity (Wildman–Crippen MR) is 132 cm³/mol. The van der Waals surface area contributed by atoms with E-state index in [9.17, 15) is 24.3 Å². The number of hydrogen-bond acceptors (Lipinski definition) is 5. The number of rotatable bonds is 13. The van der Waals surface area contributed by atoms with Crippen molar-refractivity contribution >= 4 is 23.7 Å². The molecule has 0 saturated heterocycles. The van der Waals surface area contributed by atoms with Crippen LogP contribution in [0.15, 0.2) is 60.7 Å². The molecular weight excluding hydrogens is 448 g/mol. The third-order valence-electron chi connectivity index (χ3n) is 5.31. The second-order valence-electron chi connectivity index (χ2n) is 8.85. The standard InChI is InChI=1S/C26H34N4O5/c1-17(2)13-22(26(34)35)29-23(31)16-28-25(33)21(15-19-11-7-4-8-12-19)30-24(32)20(27)14-18-9-5-3-6-10-18/h3-12,17,20-22H,13-16,27H2,1-2H3,(H,28,33)(H,29,31)(H,30,32)(H,34,35). The molecule has 0 bridgehead atoms. The van der Waals surface area contributed by atoms with Gasteiger partial charge in [0.05, 0.1) is 12.6 Å². The zero-order chi connectivity index (χ0) is 25.8. The topological polar surface area (TPSA) is 151 Å². The van der Waals surface area contributed by atoms with Crippen molar-refractivity contribution in [3.63, 3.8) is 0 Å². The molecule has 0 aromatic heterocycles. The molecule has 2 rings (SSSR count). The maximum Gasteiger partial charge on any atom is 0.326 e. The van der Waals surface area contributed by atoms with E-state index < -0.39 is 48.4 Å². The van der Waals surface area contributed by atoms with Gasteiger partial charge in [0.25, 0.3) is 0 Å². The lowest BCUT2D eigenvalue weighted by Gasteiger charge is -2.21. The minimum atomic E-state index is -1.14. The molecule has 6 N–H and O–H groups in total. The number of carboxylic acid groups (broad SMARTS) is 1. The van der Waals surface area contributed by atoms with Crippen molar-refractivity contribution in [2.45, 2.75) is 51.2 Å². The minimum absolute atomic E-state index is 0.0663. The molecule has 9 heteroatoms. The fourth-order valence-electron chi connectivity index (χ4n) is 3.53. The Morgan fingerprint density at radius 1 is 0.800 bits per heavy atom. The molecule has 0 heterocycles. The van der Waals surface area contributed by atoms with Gasteiger partial charge in [-0.2, -0.15) is 0 Å². The van der Waals surface area contributed by atoms with Gasteiger partial charge in [-0.3, -0.25) is 14.4 Å². The van der Waals surface area contributed by atoms with E-state index >= 15 is 0 Å². The fraction of sp³-hybridized carbons (Fsp3) is 0.385. The van der Waals surface area contributed by atoms with Crippen molar-refractivity contribution in [1.82, 2.24) is 16.0 Å². The van der Waals surface area contributed by atoms with Crippen LogP contribution in [0.3, 0.4) is 0 Å². The van der Waals surface area contributed by atoms with Gasteiger partial charge in [-0.15, -0.1) is 0 Å². The van der Waals surface area contributed by atoms with Crippen LogP contribution in [0.25, 0.3) is 0 Å². The lowest BCUT2D eigenvalue weighted by atomic mass is 10.0. The molecule has 0 aliphatic carbocycles. The van der Waals surface area contributed by atoms with Crippen LogP contribution in [-0.4, -0.2) is 53.5 Å². The van der Waals surface area contributed by atoms with Gasteiger partial charge in [-0.25, -0.2) is 4.79 Å². The van der Waals surface area contributed by atoms with Crippen molar-refractivity contribution < 1.29 is 24.3 Å². The molecule has 188 valence electrons. The maximum atomic E-state index is 12.9. The molecule has 0 fully saturated rings. The van der Waals surface area contributed by atoms with Gasteiger partial charge in [0.1, 0.15) is 12.1 Å². The number of amides is 3. The summed E-state index contributed by atoms with van der Waals surface area (Å²) < 4.78 is 0. The fourth-order valence-corrected chi connectivity index (χ4v) is 3.53. The first kappa shape index (κ1) is 27.5. The van der Waals surface area contributed by atoms with E-state index in [2.05, 4.69) is 16.0 Å².